The van der Waals surface area contributed by atoms with Gasteiger partial charge in [0, 0.05) is 12.6 Å². The maximum absolute atomic E-state index is 11.4. The molecule has 1 aromatic carbocycles. The summed E-state index contributed by atoms with van der Waals surface area (Å²) >= 11 is 0. The number of carbonyl (C=O) groups is 1. The Hall–Kier alpha value is -2.23. The third-order valence-corrected chi connectivity index (χ3v) is 2.45. The monoisotopic (exact) mass is 245 g/mol. The first-order chi connectivity index (χ1) is 8.79. The molecule has 1 aliphatic rings. The predicted octanol–water partition coefficient (Wildman–Crippen LogP) is 2.16. The molecule has 1 amide bonds. The van der Waals surface area contributed by atoms with E-state index in [9.17, 15) is 4.79 Å². The fraction of sp³-hybridized carbons (Fsp3) is 0.214. The topological polar surface area (TPSA) is 47.6 Å². The number of fused-ring (bicyclic) bond motifs is 1. The summed E-state index contributed by atoms with van der Waals surface area (Å²) in [6, 6.07) is 5.63. The van der Waals surface area contributed by atoms with E-state index in [1.807, 2.05) is 31.2 Å². The number of hydrogen-bond donors (Lipinski definition) is 1. The largest absolute Gasteiger partial charge is 0.454 e. The van der Waals surface area contributed by atoms with Gasteiger partial charge >= 0.3 is 0 Å². The van der Waals surface area contributed by atoms with E-state index < -0.39 is 0 Å². The zero-order valence-electron chi connectivity index (χ0n) is 10.2. The second kappa shape index (κ2) is 5.91. The lowest BCUT2D eigenvalue weighted by molar-refractivity contribution is -0.116. The van der Waals surface area contributed by atoms with Crippen LogP contribution in [0.15, 0.2) is 42.5 Å². The van der Waals surface area contributed by atoms with E-state index in [0.29, 0.717) is 6.54 Å². The second-order valence-electron chi connectivity index (χ2n) is 3.79. The van der Waals surface area contributed by atoms with Gasteiger partial charge in [0.15, 0.2) is 11.5 Å². The Labute approximate surface area is 106 Å². The third kappa shape index (κ3) is 3.13. The van der Waals surface area contributed by atoms with Crippen molar-refractivity contribution >= 4 is 5.91 Å². The molecule has 1 heterocycles. The molecule has 0 fully saturated rings. The van der Waals surface area contributed by atoms with E-state index in [1.54, 1.807) is 12.2 Å². The van der Waals surface area contributed by atoms with Crippen molar-refractivity contribution in [3.05, 3.63) is 48.1 Å². The van der Waals surface area contributed by atoms with Gasteiger partial charge in [-0.25, -0.2) is 0 Å². The minimum atomic E-state index is -0.120. The van der Waals surface area contributed by atoms with Crippen molar-refractivity contribution in [2.45, 2.75) is 13.5 Å². The average Bonchev–Trinajstić information content (AvgIpc) is 2.84. The fourth-order valence-electron chi connectivity index (χ4n) is 1.55. The van der Waals surface area contributed by atoms with Crippen molar-refractivity contribution < 1.29 is 14.3 Å². The highest BCUT2D eigenvalue weighted by molar-refractivity contribution is 5.87. The minimum absolute atomic E-state index is 0.120. The molecule has 18 heavy (non-hydrogen) atoms. The van der Waals surface area contributed by atoms with Gasteiger partial charge in [-0.15, -0.1) is 0 Å². The van der Waals surface area contributed by atoms with Gasteiger partial charge in [-0.1, -0.05) is 24.3 Å². The van der Waals surface area contributed by atoms with Gasteiger partial charge in [0.1, 0.15) is 0 Å². The minimum Gasteiger partial charge on any atom is -0.454 e. The molecular formula is C14H15NO3. The molecule has 0 aromatic heterocycles. The molecule has 0 saturated heterocycles. The normalized spacial score (nSPS) is 13.4. The van der Waals surface area contributed by atoms with Crippen LogP contribution < -0.4 is 14.8 Å². The van der Waals surface area contributed by atoms with Gasteiger partial charge in [-0.3, -0.25) is 4.79 Å². The highest BCUT2D eigenvalue weighted by Gasteiger charge is 2.12. The summed E-state index contributed by atoms with van der Waals surface area (Å²) in [5.74, 6) is 1.36. The van der Waals surface area contributed by atoms with Crippen LogP contribution in [0.3, 0.4) is 0 Å². The van der Waals surface area contributed by atoms with Crippen molar-refractivity contribution in [2.24, 2.45) is 0 Å². The Balaban J connectivity index is 1.88. The predicted molar refractivity (Wildman–Crippen MR) is 68.4 cm³/mol. The van der Waals surface area contributed by atoms with Crippen molar-refractivity contribution in [3.63, 3.8) is 0 Å². The molecule has 0 saturated carbocycles. The lowest BCUT2D eigenvalue weighted by atomic mass is 10.2. The first-order valence-corrected chi connectivity index (χ1v) is 5.75. The molecule has 0 aliphatic carbocycles. The summed E-state index contributed by atoms with van der Waals surface area (Å²) < 4.78 is 10.5. The molecule has 1 N–H and O–H groups in total. The smallest absolute Gasteiger partial charge is 0.244 e. The number of carbonyl (C=O) groups excluding carboxylic acids is 1. The molecule has 0 spiro atoms. The van der Waals surface area contributed by atoms with Crippen LogP contribution in [0, 0.1) is 0 Å². The highest BCUT2D eigenvalue weighted by atomic mass is 16.7. The second-order valence-corrected chi connectivity index (χ2v) is 3.79. The molecule has 4 heteroatoms. The highest BCUT2D eigenvalue weighted by Crippen LogP contribution is 2.32. The maximum atomic E-state index is 11.4. The molecule has 1 aromatic rings. The van der Waals surface area contributed by atoms with E-state index in [1.165, 1.54) is 6.08 Å². The lowest BCUT2D eigenvalue weighted by Gasteiger charge is -2.03. The SMILES string of the molecule is C/C=C/C=C/C(=O)NCc1ccc2c(c1)OCO2. The van der Waals surface area contributed by atoms with Gasteiger partial charge in [-0.2, -0.15) is 0 Å². The van der Waals surface area contributed by atoms with E-state index >= 15 is 0 Å². The Bertz CT molecular complexity index is 492. The molecule has 0 unspecified atom stereocenters. The zero-order chi connectivity index (χ0) is 12.8. The van der Waals surface area contributed by atoms with Crippen molar-refractivity contribution in [2.75, 3.05) is 6.79 Å². The van der Waals surface area contributed by atoms with Gasteiger partial charge in [0.2, 0.25) is 12.7 Å². The lowest BCUT2D eigenvalue weighted by Crippen LogP contribution is -2.20. The molecule has 2 rings (SSSR count). The number of benzene rings is 1. The number of ether oxygens (including phenoxy) is 2. The van der Waals surface area contributed by atoms with E-state index in [2.05, 4.69) is 5.32 Å². The molecule has 0 bridgehead atoms. The summed E-state index contributed by atoms with van der Waals surface area (Å²) in [7, 11) is 0. The van der Waals surface area contributed by atoms with Crippen LogP contribution in [0.25, 0.3) is 0 Å². The van der Waals surface area contributed by atoms with Crippen LogP contribution >= 0.6 is 0 Å². The van der Waals surface area contributed by atoms with Crippen LogP contribution in [0.4, 0.5) is 0 Å². The number of allylic oxidation sites excluding steroid dienone is 3. The van der Waals surface area contributed by atoms with Gasteiger partial charge in [0.25, 0.3) is 0 Å². The number of rotatable bonds is 4. The summed E-state index contributed by atoms with van der Waals surface area (Å²) in [5.41, 5.74) is 0.979. The zero-order valence-corrected chi connectivity index (χ0v) is 10.2. The summed E-state index contributed by atoms with van der Waals surface area (Å²) in [6.07, 6.45) is 6.86. The maximum Gasteiger partial charge on any atom is 0.244 e. The molecule has 0 atom stereocenters. The first-order valence-electron chi connectivity index (χ1n) is 5.75. The Morgan fingerprint density at radius 3 is 3.00 bits per heavy atom. The molecule has 0 radical (unpaired) electrons. The van der Waals surface area contributed by atoms with Crippen LogP contribution in [-0.4, -0.2) is 12.7 Å². The van der Waals surface area contributed by atoms with Crippen molar-refractivity contribution in [3.8, 4) is 11.5 Å². The number of amides is 1. The molecular weight excluding hydrogens is 230 g/mol. The number of hydrogen-bond acceptors (Lipinski definition) is 3. The van der Waals surface area contributed by atoms with Gasteiger partial charge < -0.3 is 14.8 Å². The summed E-state index contributed by atoms with van der Waals surface area (Å²) in [5, 5.41) is 2.79. The van der Waals surface area contributed by atoms with Gasteiger partial charge in [0.05, 0.1) is 0 Å². The first kappa shape index (κ1) is 12.2. The molecule has 94 valence electrons. The van der Waals surface area contributed by atoms with Crippen LogP contribution in [0.1, 0.15) is 12.5 Å². The Morgan fingerprint density at radius 2 is 2.17 bits per heavy atom. The quantitative estimate of drug-likeness (QED) is 0.653. The third-order valence-electron chi connectivity index (χ3n) is 2.45. The van der Waals surface area contributed by atoms with Crippen molar-refractivity contribution in [1.29, 1.82) is 0 Å². The van der Waals surface area contributed by atoms with E-state index in [0.717, 1.165) is 17.1 Å². The van der Waals surface area contributed by atoms with Crippen LogP contribution in [0.5, 0.6) is 11.5 Å². The van der Waals surface area contributed by atoms with Crippen LogP contribution in [0.2, 0.25) is 0 Å². The standard InChI is InChI=1S/C14H15NO3/c1-2-3-4-5-14(16)15-9-11-6-7-12-13(8-11)18-10-17-12/h2-8H,9-10H2,1H3,(H,15,16)/b3-2+,5-4+. The Morgan fingerprint density at radius 1 is 1.33 bits per heavy atom. The fourth-order valence-corrected chi connectivity index (χ4v) is 1.55. The van der Waals surface area contributed by atoms with E-state index in [4.69, 9.17) is 9.47 Å². The summed E-state index contributed by atoms with van der Waals surface area (Å²) in [6.45, 7) is 2.63. The molecule has 4 nitrogen and oxygen atoms in total. The molecule has 1 aliphatic heterocycles. The summed E-state index contributed by atoms with van der Waals surface area (Å²) in [4.78, 5) is 11.4. The Kier molecular flexibility index (Phi) is 4.02. The number of nitrogens with one attached hydrogen (secondary N) is 1. The average molecular weight is 245 g/mol. The van der Waals surface area contributed by atoms with Crippen LogP contribution in [-0.2, 0) is 11.3 Å². The van der Waals surface area contributed by atoms with E-state index in [-0.39, 0.29) is 12.7 Å². The van der Waals surface area contributed by atoms with Crippen molar-refractivity contribution in [1.82, 2.24) is 5.32 Å². The van der Waals surface area contributed by atoms with Gasteiger partial charge in [-0.05, 0) is 24.6 Å².